The minimum Gasteiger partial charge on any atom is -0.379 e. The molecule has 4 rings (SSSR count). The Kier molecular flexibility index (Phi) is 5.87. The van der Waals surface area contributed by atoms with Crippen LogP contribution in [0.5, 0.6) is 0 Å². The third-order valence-corrected chi connectivity index (χ3v) is 4.92. The van der Waals surface area contributed by atoms with E-state index < -0.39 is 0 Å². The smallest absolute Gasteiger partial charge is 0.253 e. The van der Waals surface area contributed by atoms with Crippen LogP contribution in [0.4, 0.5) is 4.39 Å². The lowest BCUT2D eigenvalue weighted by Crippen LogP contribution is -2.44. The van der Waals surface area contributed by atoms with Crippen molar-refractivity contribution in [3.8, 4) is 5.69 Å². The van der Waals surface area contributed by atoms with Crippen molar-refractivity contribution in [2.45, 2.75) is 6.04 Å². The van der Waals surface area contributed by atoms with Crippen LogP contribution in [0.3, 0.4) is 0 Å². The van der Waals surface area contributed by atoms with Crippen LogP contribution >= 0.6 is 0 Å². The molecule has 0 aliphatic carbocycles. The van der Waals surface area contributed by atoms with Gasteiger partial charge in [-0.05, 0) is 40.3 Å². The zero-order valence-electron chi connectivity index (χ0n) is 15.7. The van der Waals surface area contributed by atoms with E-state index in [9.17, 15) is 9.18 Å². The Morgan fingerprint density at radius 3 is 2.76 bits per heavy atom. The summed E-state index contributed by atoms with van der Waals surface area (Å²) in [4.78, 5) is 15.1. The van der Waals surface area contributed by atoms with Gasteiger partial charge in [0.1, 0.15) is 12.1 Å². The van der Waals surface area contributed by atoms with Gasteiger partial charge < -0.3 is 10.1 Å². The molecule has 150 valence electrons. The number of benzene rings is 2. The van der Waals surface area contributed by atoms with E-state index >= 15 is 0 Å². The fourth-order valence-electron chi connectivity index (χ4n) is 3.48. The van der Waals surface area contributed by atoms with Crippen molar-refractivity contribution in [1.82, 2.24) is 30.4 Å². The number of halogens is 1. The molecule has 1 fully saturated rings. The zero-order valence-corrected chi connectivity index (χ0v) is 15.7. The molecule has 1 N–H and O–H groups in total. The molecular formula is C20H21FN6O2. The van der Waals surface area contributed by atoms with Gasteiger partial charge in [0.2, 0.25) is 0 Å². The van der Waals surface area contributed by atoms with Crippen LogP contribution < -0.4 is 5.32 Å². The maximum Gasteiger partial charge on any atom is 0.253 e. The van der Waals surface area contributed by atoms with Gasteiger partial charge in [0, 0.05) is 19.6 Å². The number of nitrogens with zero attached hydrogens (tertiary/aromatic N) is 5. The van der Waals surface area contributed by atoms with Crippen molar-refractivity contribution in [1.29, 1.82) is 0 Å². The van der Waals surface area contributed by atoms with Crippen molar-refractivity contribution < 1.29 is 13.9 Å². The Balaban J connectivity index is 1.54. The Bertz CT molecular complexity index is 959. The van der Waals surface area contributed by atoms with Crippen LogP contribution in [-0.4, -0.2) is 63.9 Å². The quantitative estimate of drug-likeness (QED) is 0.681. The second-order valence-corrected chi connectivity index (χ2v) is 6.70. The van der Waals surface area contributed by atoms with E-state index in [2.05, 4.69) is 25.7 Å². The first-order valence-electron chi connectivity index (χ1n) is 9.40. The molecule has 0 spiro atoms. The van der Waals surface area contributed by atoms with Gasteiger partial charge >= 0.3 is 0 Å². The van der Waals surface area contributed by atoms with E-state index in [0.29, 0.717) is 31.0 Å². The van der Waals surface area contributed by atoms with Gasteiger partial charge in [-0.15, -0.1) is 5.10 Å². The molecule has 29 heavy (non-hydrogen) atoms. The average Bonchev–Trinajstić information content (AvgIpc) is 3.29. The maximum absolute atomic E-state index is 13.8. The van der Waals surface area contributed by atoms with Crippen LogP contribution in [0.2, 0.25) is 0 Å². The third kappa shape index (κ3) is 4.47. The van der Waals surface area contributed by atoms with Crippen LogP contribution in [0.1, 0.15) is 22.0 Å². The van der Waals surface area contributed by atoms with Gasteiger partial charge in [-0.25, -0.2) is 4.39 Å². The predicted octanol–water partition coefficient (Wildman–Crippen LogP) is 1.60. The molecule has 0 radical (unpaired) electrons. The first kappa shape index (κ1) is 19.2. The van der Waals surface area contributed by atoms with Gasteiger partial charge in [0.05, 0.1) is 30.5 Å². The summed E-state index contributed by atoms with van der Waals surface area (Å²) in [5.74, 6) is -0.540. The summed E-state index contributed by atoms with van der Waals surface area (Å²) in [7, 11) is 0. The molecule has 2 heterocycles. The molecule has 1 atom stereocenters. The normalized spacial score (nSPS) is 15.8. The number of aromatic nitrogens is 4. The molecule has 8 nitrogen and oxygen atoms in total. The second-order valence-electron chi connectivity index (χ2n) is 6.70. The topological polar surface area (TPSA) is 85.2 Å². The van der Waals surface area contributed by atoms with Crippen molar-refractivity contribution >= 4 is 5.91 Å². The number of morpholine rings is 1. The fraction of sp³-hybridized carbons (Fsp3) is 0.300. The minimum absolute atomic E-state index is 0.154. The lowest BCUT2D eigenvalue weighted by Gasteiger charge is -2.35. The number of hydrogen-bond donors (Lipinski definition) is 1. The van der Waals surface area contributed by atoms with Crippen LogP contribution in [0.15, 0.2) is 54.9 Å². The van der Waals surface area contributed by atoms with Gasteiger partial charge in [0.25, 0.3) is 5.91 Å². The van der Waals surface area contributed by atoms with Gasteiger partial charge in [-0.1, -0.05) is 24.3 Å². The fourth-order valence-corrected chi connectivity index (χ4v) is 3.48. The standard InChI is InChI=1S/C20H21FN6O2/c21-16-5-3-4-15(12-16)19(26-8-10-29-11-9-26)13-22-20(28)17-6-1-2-7-18(17)27-14-23-24-25-27/h1-7,12,14,19H,8-11,13H2,(H,22,28). The molecule has 1 amide bonds. The predicted molar refractivity (Wildman–Crippen MR) is 103 cm³/mol. The van der Waals surface area contributed by atoms with E-state index in [1.54, 1.807) is 24.3 Å². The molecule has 3 aromatic rings. The zero-order chi connectivity index (χ0) is 20.1. The first-order chi connectivity index (χ1) is 14.2. The Labute approximate surface area is 167 Å². The Morgan fingerprint density at radius 2 is 2.00 bits per heavy atom. The summed E-state index contributed by atoms with van der Waals surface area (Å²) in [6.07, 6.45) is 1.44. The number of amides is 1. The maximum atomic E-state index is 13.8. The summed E-state index contributed by atoms with van der Waals surface area (Å²) in [5, 5.41) is 14.1. The van der Waals surface area contributed by atoms with Gasteiger partial charge in [0.15, 0.2) is 0 Å². The highest BCUT2D eigenvalue weighted by Gasteiger charge is 2.24. The van der Waals surface area contributed by atoms with Gasteiger partial charge in [-0.3, -0.25) is 9.69 Å². The second kappa shape index (κ2) is 8.89. The van der Waals surface area contributed by atoms with Crippen molar-refractivity contribution in [2.75, 3.05) is 32.8 Å². The largest absolute Gasteiger partial charge is 0.379 e. The van der Waals surface area contributed by atoms with Crippen LogP contribution in [0, 0.1) is 5.82 Å². The number of para-hydroxylation sites is 1. The highest BCUT2D eigenvalue weighted by atomic mass is 19.1. The van der Waals surface area contributed by atoms with Crippen LogP contribution in [0.25, 0.3) is 5.69 Å². The molecule has 1 aliphatic rings. The number of hydrogen-bond acceptors (Lipinski definition) is 6. The first-order valence-corrected chi connectivity index (χ1v) is 9.40. The molecule has 1 unspecified atom stereocenters. The Hall–Kier alpha value is -3.17. The average molecular weight is 396 g/mol. The van der Waals surface area contributed by atoms with E-state index in [4.69, 9.17) is 4.74 Å². The highest BCUT2D eigenvalue weighted by molar-refractivity contribution is 5.97. The number of ether oxygens (including phenoxy) is 1. The third-order valence-electron chi connectivity index (χ3n) is 4.92. The lowest BCUT2D eigenvalue weighted by atomic mass is 10.0. The number of nitrogens with one attached hydrogen (secondary N) is 1. The molecular weight excluding hydrogens is 375 g/mol. The molecule has 9 heteroatoms. The molecule has 1 aromatic heterocycles. The minimum atomic E-state index is -0.295. The monoisotopic (exact) mass is 396 g/mol. The van der Waals surface area contributed by atoms with Crippen molar-refractivity contribution in [2.24, 2.45) is 0 Å². The number of rotatable bonds is 6. The summed E-state index contributed by atoms with van der Waals surface area (Å²) < 4.78 is 20.7. The summed E-state index contributed by atoms with van der Waals surface area (Å²) in [6.45, 7) is 3.01. The van der Waals surface area contributed by atoms with E-state index in [1.165, 1.54) is 23.1 Å². The molecule has 0 saturated carbocycles. The number of carbonyl (C=O) groups excluding carboxylic acids is 1. The number of tetrazole rings is 1. The highest BCUT2D eigenvalue weighted by Crippen LogP contribution is 2.22. The molecule has 2 aromatic carbocycles. The Morgan fingerprint density at radius 1 is 1.17 bits per heavy atom. The van der Waals surface area contributed by atoms with E-state index in [-0.39, 0.29) is 17.8 Å². The van der Waals surface area contributed by atoms with E-state index in [0.717, 1.165) is 18.7 Å². The summed E-state index contributed by atoms with van der Waals surface area (Å²) >= 11 is 0. The summed E-state index contributed by atoms with van der Waals surface area (Å²) in [6, 6.07) is 13.4. The van der Waals surface area contributed by atoms with E-state index in [1.807, 2.05) is 12.1 Å². The molecule has 1 aliphatic heterocycles. The number of carbonyl (C=O) groups is 1. The SMILES string of the molecule is O=C(NCC(c1cccc(F)c1)N1CCOCC1)c1ccccc1-n1cnnn1. The van der Waals surface area contributed by atoms with Gasteiger partial charge in [-0.2, -0.15) is 4.68 Å². The van der Waals surface area contributed by atoms with Crippen molar-refractivity contribution in [3.63, 3.8) is 0 Å². The molecule has 0 bridgehead atoms. The van der Waals surface area contributed by atoms with Crippen LogP contribution in [-0.2, 0) is 4.74 Å². The molecule has 1 saturated heterocycles. The summed E-state index contributed by atoms with van der Waals surface area (Å²) in [5.41, 5.74) is 1.87. The van der Waals surface area contributed by atoms with Crippen molar-refractivity contribution in [3.05, 3.63) is 71.8 Å². The lowest BCUT2D eigenvalue weighted by molar-refractivity contribution is 0.0162.